The molecule has 3 aromatic rings. The number of rotatable bonds is 1. The van der Waals surface area contributed by atoms with Gasteiger partial charge in [-0.25, -0.2) is 4.79 Å². The number of benzene rings is 3. The summed E-state index contributed by atoms with van der Waals surface area (Å²) in [6, 6.07) is 17.6. The summed E-state index contributed by atoms with van der Waals surface area (Å²) in [4.78, 5) is 15.6. The van der Waals surface area contributed by atoms with Crippen LogP contribution in [0.25, 0.3) is 21.5 Å². The van der Waals surface area contributed by atoms with Gasteiger partial charge in [0.2, 0.25) is 0 Å². The van der Waals surface area contributed by atoms with Gasteiger partial charge in [-0.3, -0.25) is 0 Å². The Morgan fingerprint density at radius 2 is 1.61 bits per heavy atom. The SMILES string of the molecule is NOC(=O)c1ccc2c(ccc3ccccc32)c1. The molecule has 0 saturated heterocycles. The summed E-state index contributed by atoms with van der Waals surface area (Å²) < 4.78 is 0. The van der Waals surface area contributed by atoms with Gasteiger partial charge in [-0.1, -0.05) is 42.5 Å². The molecule has 0 amide bonds. The number of hydrogen-bond donors (Lipinski definition) is 1. The molecule has 2 N–H and O–H groups in total. The Balaban J connectivity index is 2.31. The highest BCUT2D eigenvalue weighted by atomic mass is 16.7. The topological polar surface area (TPSA) is 52.3 Å². The second kappa shape index (κ2) is 4.13. The molecule has 0 unspecified atom stereocenters. The quantitative estimate of drug-likeness (QED) is 0.523. The molecule has 0 atom stereocenters. The molecule has 3 heteroatoms. The second-order valence-corrected chi connectivity index (χ2v) is 4.13. The van der Waals surface area contributed by atoms with E-state index in [0.29, 0.717) is 5.56 Å². The number of carbonyl (C=O) groups is 1. The molecule has 0 spiro atoms. The Morgan fingerprint density at radius 3 is 2.44 bits per heavy atom. The molecule has 88 valence electrons. The molecule has 3 nitrogen and oxygen atoms in total. The first-order chi connectivity index (χ1) is 8.79. The summed E-state index contributed by atoms with van der Waals surface area (Å²) in [7, 11) is 0. The van der Waals surface area contributed by atoms with Crippen LogP contribution >= 0.6 is 0 Å². The molecule has 0 radical (unpaired) electrons. The third kappa shape index (κ3) is 1.61. The zero-order valence-electron chi connectivity index (χ0n) is 9.59. The van der Waals surface area contributed by atoms with Gasteiger partial charge in [0, 0.05) is 0 Å². The van der Waals surface area contributed by atoms with E-state index in [1.54, 1.807) is 12.1 Å². The Kier molecular flexibility index (Phi) is 2.46. The highest BCUT2D eigenvalue weighted by molar-refractivity contribution is 6.09. The van der Waals surface area contributed by atoms with Crippen LogP contribution in [-0.2, 0) is 4.84 Å². The van der Waals surface area contributed by atoms with Crippen molar-refractivity contribution in [2.75, 3.05) is 0 Å². The average Bonchev–Trinajstić information content (AvgIpc) is 2.45. The first-order valence-electron chi connectivity index (χ1n) is 5.62. The van der Waals surface area contributed by atoms with Crippen LogP contribution in [0.3, 0.4) is 0 Å². The fourth-order valence-electron chi connectivity index (χ4n) is 2.21. The molecule has 0 bridgehead atoms. The Morgan fingerprint density at radius 1 is 0.889 bits per heavy atom. The summed E-state index contributed by atoms with van der Waals surface area (Å²) in [5.41, 5.74) is 0.459. The van der Waals surface area contributed by atoms with E-state index in [-0.39, 0.29) is 0 Å². The van der Waals surface area contributed by atoms with Crippen LogP contribution in [0.5, 0.6) is 0 Å². The van der Waals surface area contributed by atoms with Gasteiger partial charge < -0.3 is 4.84 Å². The van der Waals surface area contributed by atoms with Crippen molar-refractivity contribution in [3.8, 4) is 0 Å². The molecule has 0 aliphatic heterocycles. The van der Waals surface area contributed by atoms with Crippen LogP contribution in [0.1, 0.15) is 10.4 Å². The van der Waals surface area contributed by atoms with Gasteiger partial charge in [0.05, 0.1) is 5.56 Å². The maximum absolute atomic E-state index is 11.4. The predicted octanol–water partition coefficient (Wildman–Crippen LogP) is 3.02. The fraction of sp³-hybridized carbons (Fsp3) is 0. The van der Waals surface area contributed by atoms with Gasteiger partial charge in [0.1, 0.15) is 0 Å². The van der Waals surface area contributed by atoms with Crippen molar-refractivity contribution < 1.29 is 9.63 Å². The zero-order chi connectivity index (χ0) is 12.5. The predicted molar refractivity (Wildman–Crippen MR) is 71.1 cm³/mol. The summed E-state index contributed by atoms with van der Waals surface area (Å²) in [6.07, 6.45) is 0. The van der Waals surface area contributed by atoms with Crippen LogP contribution in [-0.4, -0.2) is 5.97 Å². The first-order valence-corrected chi connectivity index (χ1v) is 5.62. The third-order valence-corrected chi connectivity index (χ3v) is 3.09. The van der Waals surface area contributed by atoms with Gasteiger partial charge in [0.15, 0.2) is 0 Å². The zero-order valence-corrected chi connectivity index (χ0v) is 9.59. The lowest BCUT2D eigenvalue weighted by atomic mass is 10.0. The van der Waals surface area contributed by atoms with Crippen LogP contribution in [0.15, 0.2) is 54.6 Å². The van der Waals surface area contributed by atoms with Crippen LogP contribution in [0, 0.1) is 0 Å². The summed E-state index contributed by atoms with van der Waals surface area (Å²) in [5, 5.41) is 4.46. The van der Waals surface area contributed by atoms with E-state index in [9.17, 15) is 4.79 Å². The van der Waals surface area contributed by atoms with Crippen molar-refractivity contribution in [1.82, 2.24) is 0 Å². The van der Waals surface area contributed by atoms with Crippen molar-refractivity contribution in [2.24, 2.45) is 5.90 Å². The Bertz CT molecular complexity index is 750. The first kappa shape index (κ1) is 10.7. The van der Waals surface area contributed by atoms with E-state index >= 15 is 0 Å². The minimum atomic E-state index is -0.523. The molecule has 0 saturated carbocycles. The molecule has 0 heterocycles. The van der Waals surface area contributed by atoms with Gasteiger partial charge >= 0.3 is 5.97 Å². The van der Waals surface area contributed by atoms with Gasteiger partial charge in [-0.05, 0) is 33.7 Å². The molecule has 0 aromatic heterocycles. The average molecular weight is 237 g/mol. The minimum Gasteiger partial charge on any atom is -0.370 e. The second-order valence-electron chi connectivity index (χ2n) is 4.13. The standard InChI is InChI=1S/C15H11NO2/c16-18-15(17)12-7-8-14-11(9-12)6-5-10-3-1-2-4-13(10)14/h1-9H,16H2. The highest BCUT2D eigenvalue weighted by Gasteiger charge is 2.07. The largest absolute Gasteiger partial charge is 0.370 e. The van der Waals surface area contributed by atoms with Gasteiger partial charge in [-0.15, -0.1) is 0 Å². The number of hydrogen-bond acceptors (Lipinski definition) is 3. The summed E-state index contributed by atoms with van der Waals surface area (Å²) >= 11 is 0. The monoisotopic (exact) mass is 237 g/mol. The minimum absolute atomic E-state index is 0.459. The van der Waals surface area contributed by atoms with E-state index in [2.05, 4.69) is 17.0 Å². The van der Waals surface area contributed by atoms with Gasteiger partial charge in [-0.2, -0.15) is 5.90 Å². The normalized spacial score (nSPS) is 10.7. The summed E-state index contributed by atoms with van der Waals surface area (Å²) in [6.45, 7) is 0. The molecular formula is C15H11NO2. The number of carbonyl (C=O) groups excluding carboxylic acids is 1. The number of nitrogens with two attached hydrogens (primary N) is 1. The highest BCUT2D eigenvalue weighted by Crippen LogP contribution is 2.26. The maximum atomic E-state index is 11.4. The van der Waals surface area contributed by atoms with E-state index < -0.39 is 5.97 Å². The lowest BCUT2D eigenvalue weighted by Gasteiger charge is -2.05. The van der Waals surface area contributed by atoms with Crippen LogP contribution in [0.2, 0.25) is 0 Å². The maximum Gasteiger partial charge on any atom is 0.356 e. The van der Waals surface area contributed by atoms with E-state index in [1.165, 1.54) is 10.8 Å². The third-order valence-electron chi connectivity index (χ3n) is 3.09. The molecule has 0 aliphatic carbocycles. The van der Waals surface area contributed by atoms with E-state index in [4.69, 9.17) is 5.90 Å². The van der Waals surface area contributed by atoms with E-state index in [0.717, 1.165) is 10.8 Å². The van der Waals surface area contributed by atoms with Gasteiger partial charge in [0.25, 0.3) is 0 Å². The van der Waals surface area contributed by atoms with Crippen molar-refractivity contribution in [3.05, 3.63) is 60.2 Å². The van der Waals surface area contributed by atoms with Crippen molar-refractivity contribution >= 4 is 27.5 Å². The molecule has 3 aromatic carbocycles. The summed E-state index contributed by atoms with van der Waals surface area (Å²) in [5.74, 6) is 4.37. The van der Waals surface area contributed by atoms with Crippen molar-refractivity contribution in [1.29, 1.82) is 0 Å². The molecule has 0 fully saturated rings. The lowest BCUT2D eigenvalue weighted by Crippen LogP contribution is -2.09. The van der Waals surface area contributed by atoms with Crippen molar-refractivity contribution in [3.63, 3.8) is 0 Å². The smallest absolute Gasteiger partial charge is 0.356 e. The Hall–Kier alpha value is -2.39. The van der Waals surface area contributed by atoms with E-state index in [1.807, 2.05) is 30.3 Å². The lowest BCUT2D eigenvalue weighted by molar-refractivity contribution is 0.0503. The fourth-order valence-corrected chi connectivity index (χ4v) is 2.21. The molecule has 3 rings (SSSR count). The molecule has 18 heavy (non-hydrogen) atoms. The molecular weight excluding hydrogens is 226 g/mol. The Labute approximate surface area is 104 Å². The molecule has 0 aliphatic rings. The van der Waals surface area contributed by atoms with Crippen LogP contribution < -0.4 is 5.90 Å². The van der Waals surface area contributed by atoms with Crippen molar-refractivity contribution in [2.45, 2.75) is 0 Å². The van der Waals surface area contributed by atoms with Crippen LogP contribution in [0.4, 0.5) is 0 Å². The number of fused-ring (bicyclic) bond motifs is 3.